The quantitative estimate of drug-likeness (QED) is 0.293. The van der Waals surface area contributed by atoms with Gasteiger partial charge in [-0.15, -0.1) is 0 Å². The minimum Gasteiger partial charge on any atom is -0.463 e. The highest BCUT2D eigenvalue weighted by Gasteiger charge is 2.03. The minimum absolute atomic E-state index is 0.227. The van der Waals surface area contributed by atoms with Crippen molar-refractivity contribution in [2.75, 3.05) is 13.2 Å². The first-order valence-electron chi connectivity index (χ1n) is 7.74. The molecule has 0 N–H and O–H groups in total. The minimum atomic E-state index is -0.227. The molecule has 0 bridgehead atoms. The summed E-state index contributed by atoms with van der Waals surface area (Å²) < 4.78 is 10.6. The van der Waals surface area contributed by atoms with E-state index >= 15 is 0 Å². The topological polar surface area (TPSA) is 35.5 Å². The summed E-state index contributed by atoms with van der Waals surface area (Å²) in [5.41, 5.74) is 3.12. The Labute approximate surface area is 133 Å². The third kappa shape index (κ3) is 7.79. The van der Waals surface area contributed by atoms with Crippen molar-refractivity contribution in [2.45, 2.75) is 40.2 Å². The van der Waals surface area contributed by atoms with Gasteiger partial charge in [-0.2, -0.15) is 0 Å². The molecule has 0 saturated heterocycles. The first kappa shape index (κ1) is 18.2. The summed E-state index contributed by atoms with van der Waals surface area (Å²) >= 11 is 0. The molecule has 0 atom stereocenters. The van der Waals surface area contributed by atoms with Gasteiger partial charge in [0.25, 0.3) is 0 Å². The number of hydrogen-bond acceptors (Lipinski definition) is 3. The van der Waals surface area contributed by atoms with Crippen molar-refractivity contribution in [3.8, 4) is 0 Å². The fourth-order valence-electron chi connectivity index (χ4n) is 1.90. The Balaban J connectivity index is 2.23. The molecule has 120 valence electrons. The maximum absolute atomic E-state index is 11.4. The van der Waals surface area contributed by atoms with Gasteiger partial charge in [-0.25, -0.2) is 4.79 Å². The fourth-order valence-corrected chi connectivity index (χ4v) is 1.90. The highest BCUT2D eigenvalue weighted by molar-refractivity contribution is 5.87. The van der Waals surface area contributed by atoms with Crippen molar-refractivity contribution >= 4 is 5.97 Å². The van der Waals surface area contributed by atoms with Crippen LogP contribution in [0.1, 0.15) is 39.2 Å². The van der Waals surface area contributed by atoms with Crippen LogP contribution in [0.25, 0.3) is 0 Å². The summed E-state index contributed by atoms with van der Waals surface area (Å²) in [6.45, 7) is 7.35. The van der Waals surface area contributed by atoms with Gasteiger partial charge in [0, 0.05) is 5.57 Å². The van der Waals surface area contributed by atoms with Gasteiger partial charge in [-0.3, -0.25) is 0 Å². The average molecular weight is 302 g/mol. The summed E-state index contributed by atoms with van der Waals surface area (Å²) in [4.78, 5) is 11.4. The van der Waals surface area contributed by atoms with E-state index in [4.69, 9.17) is 9.47 Å². The lowest BCUT2D eigenvalue weighted by Crippen LogP contribution is -2.04. The van der Waals surface area contributed by atoms with Gasteiger partial charge in [0.15, 0.2) is 0 Å². The fraction of sp³-hybridized carbons (Fsp3) is 0.421. The van der Waals surface area contributed by atoms with E-state index in [9.17, 15) is 4.79 Å². The molecule has 0 saturated carbocycles. The molecule has 0 aliphatic rings. The van der Waals surface area contributed by atoms with Crippen LogP contribution in [0.5, 0.6) is 0 Å². The molecule has 0 aliphatic heterocycles. The number of hydrogen-bond donors (Lipinski definition) is 0. The summed E-state index contributed by atoms with van der Waals surface area (Å²) in [7, 11) is 0. The number of carbonyl (C=O) groups is 1. The number of allylic oxidation sites excluding steroid dienone is 2. The molecule has 0 spiro atoms. The van der Waals surface area contributed by atoms with E-state index in [0.29, 0.717) is 25.4 Å². The van der Waals surface area contributed by atoms with Crippen LogP contribution < -0.4 is 0 Å². The molecule has 0 aromatic heterocycles. The second kappa shape index (κ2) is 10.8. The molecule has 0 unspecified atom stereocenters. The standard InChI is InChI=1S/C19H26O3/c1-4-22-19(20)17(3)10-8-9-16(2)13-14-21-15-18-11-6-5-7-12-18/h5-7,10-13H,4,8-9,14-15H2,1-3H3/b16-13+,17-10-. The molecule has 0 aliphatic carbocycles. The molecule has 0 amide bonds. The van der Waals surface area contributed by atoms with Gasteiger partial charge >= 0.3 is 5.97 Å². The van der Waals surface area contributed by atoms with Crippen molar-refractivity contribution in [1.82, 2.24) is 0 Å². The van der Waals surface area contributed by atoms with E-state index in [2.05, 4.69) is 25.1 Å². The molecule has 1 aromatic rings. The van der Waals surface area contributed by atoms with Crippen molar-refractivity contribution < 1.29 is 14.3 Å². The normalized spacial score (nSPS) is 12.3. The number of benzene rings is 1. The van der Waals surface area contributed by atoms with Gasteiger partial charge in [0.2, 0.25) is 0 Å². The Morgan fingerprint density at radius 1 is 1.14 bits per heavy atom. The maximum atomic E-state index is 11.4. The van der Waals surface area contributed by atoms with E-state index in [1.807, 2.05) is 31.2 Å². The van der Waals surface area contributed by atoms with Crippen molar-refractivity contribution in [2.24, 2.45) is 0 Å². The Morgan fingerprint density at radius 3 is 2.55 bits per heavy atom. The predicted molar refractivity (Wildman–Crippen MR) is 89.5 cm³/mol. The third-order valence-electron chi connectivity index (χ3n) is 3.25. The van der Waals surface area contributed by atoms with Crippen LogP contribution in [0.15, 0.2) is 53.6 Å². The van der Waals surface area contributed by atoms with Crippen LogP contribution in [0.3, 0.4) is 0 Å². The predicted octanol–water partition coefficient (Wildman–Crippen LogP) is 4.44. The molecule has 0 fully saturated rings. The van der Waals surface area contributed by atoms with Crippen LogP contribution in [0, 0.1) is 0 Å². The zero-order chi connectivity index (χ0) is 16.2. The summed E-state index contributed by atoms with van der Waals surface area (Å²) in [5.74, 6) is -0.227. The highest BCUT2D eigenvalue weighted by Crippen LogP contribution is 2.08. The second-order valence-electron chi connectivity index (χ2n) is 5.20. The van der Waals surface area contributed by atoms with Gasteiger partial charge in [-0.05, 0) is 39.2 Å². The lowest BCUT2D eigenvalue weighted by atomic mass is 10.1. The summed E-state index contributed by atoms with van der Waals surface area (Å²) in [6.07, 6.45) is 5.79. The van der Waals surface area contributed by atoms with Crippen LogP contribution >= 0.6 is 0 Å². The van der Waals surface area contributed by atoms with E-state index in [0.717, 1.165) is 12.8 Å². The lowest BCUT2D eigenvalue weighted by molar-refractivity contribution is -0.138. The first-order chi connectivity index (χ1) is 10.6. The number of esters is 1. The van der Waals surface area contributed by atoms with Gasteiger partial charge in [0.05, 0.1) is 19.8 Å². The smallest absolute Gasteiger partial charge is 0.333 e. The lowest BCUT2D eigenvalue weighted by Gasteiger charge is -2.04. The summed E-state index contributed by atoms with van der Waals surface area (Å²) in [5, 5.41) is 0. The molecule has 0 heterocycles. The molecule has 1 rings (SSSR count). The van der Waals surface area contributed by atoms with Crippen molar-refractivity contribution in [3.63, 3.8) is 0 Å². The molecule has 3 nitrogen and oxygen atoms in total. The second-order valence-corrected chi connectivity index (χ2v) is 5.20. The van der Waals surface area contributed by atoms with E-state index < -0.39 is 0 Å². The Kier molecular flexibility index (Phi) is 8.92. The van der Waals surface area contributed by atoms with E-state index in [1.54, 1.807) is 6.92 Å². The molecule has 0 radical (unpaired) electrons. The van der Waals surface area contributed by atoms with Crippen LogP contribution in [-0.2, 0) is 20.9 Å². The number of rotatable bonds is 9. The van der Waals surface area contributed by atoms with Crippen molar-refractivity contribution in [3.05, 3.63) is 59.2 Å². The third-order valence-corrected chi connectivity index (χ3v) is 3.25. The van der Waals surface area contributed by atoms with E-state index in [1.165, 1.54) is 11.1 Å². The maximum Gasteiger partial charge on any atom is 0.333 e. The molecular formula is C19H26O3. The Morgan fingerprint density at radius 2 is 1.86 bits per heavy atom. The van der Waals surface area contributed by atoms with Crippen molar-refractivity contribution in [1.29, 1.82) is 0 Å². The van der Waals surface area contributed by atoms with Crippen LogP contribution in [-0.4, -0.2) is 19.2 Å². The van der Waals surface area contributed by atoms with Gasteiger partial charge in [-0.1, -0.05) is 48.1 Å². The number of ether oxygens (including phenoxy) is 2. The van der Waals surface area contributed by atoms with Gasteiger partial charge < -0.3 is 9.47 Å². The summed E-state index contributed by atoms with van der Waals surface area (Å²) in [6, 6.07) is 10.1. The largest absolute Gasteiger partial charge is 0.463 e. The Bertz CT molecular complexity index is 501. The zero-order valence-electron chi connectivity index (χ0n) is 13.8. The Hall–Kier alpha value is -1.87. The monoisotopic (exact) mass is 302 g/mol. The van der Waals surface area contributed by atoms with Crippen LogP contribution in [0.4, 0.5) is 0 Å². The first-order valence-corrected chi connectivity index (χ1v) is 7.74. The molecule has 3 heteroatoms. The van der Waals surface area contributed by atoms with Gasteiger partial charge in [0.1, 0.15) is 0 Å². The molecule has 1 aromatic carbocycles. The van der Waals surface area contributed by atoms with E-state index in [-0.39, 0.29) is 5.97 Å². The van der Waals surface area contributed by atoms with Crippen LogP contribution in [0.2, 0.25) is 0 Å². The average Bonchev–Trinajstić information content (AvgIpc) is 2.52. The molecule has 22 heavy (non-hydrogen) atoms. The molecular weight excluding hydrogens is 276 g/mol. The highest BCUT2D eigenvalue weighted by atomic mass is 16.5. The zero-order valence-corrected chi connectivity index (χ0v) is 13.8. The SMILES string of the molecule is CCOC(=O)/C(C)=C\CC/C(C)=C/COCc1ccccc1. The number of carbonyl (C=O) groups excluding carboxylic acids is 1.